The van der Waals surface area contributed by atoms with Gasteiger partial charge in [0.05, 0.1) is 6.10 Å². The quantitative estimate of drug-likeness (QED) is 0.476. The molecule has 2 nitrogen and oxygen atoms in total. The first-order chi connectivity index (χ1) is 3.30. The van der Waals surface area contributed by atoms with Crippen LogP contribution < -0.4 is 5.32 Å². The van der Waals surface area contributed by atoms with Crippen molar-refractivity contribution in [3.63, 3.8) is 0 Å². The maximum absolute atomic E-state index is 8.81. The van der Waals surface area contributed by atoms with Crippen LogP contribution in [0.25, 0.3) is 0 Å². The molecule has 0 bridgehead atoms. The van der Waals surface area contributed by atoms with Crippen molar-refractivity contribution in [1.29, 1.82) is 0 Å². The highest BCUT2D eigenvalue weighted by molar-refractivity contribution is 4.81. The van der Waals surface area contributed by atoms with Crippen molar-refractivity contribution in [3.05, 3.63) is 0 Å². The van der Waals surface area contributed by atoms with Crippen molar-refractivity contribution in [2.75, 3.05) is 6.54 Å². The Bertz CT molecular complexity index is 59.1. The van der Waals surface area contributed by atoms with Gasteiger partial charge in [-0.3, -0.25) is 0 Å². The number of aliphatic hydroxyl groups is 1. The molecule has 0 aromatic heterocycles. The molecule has 2 atom stereocenters. The van der Waals surface area contributed by atoms with E-state index in [1.807, 2.05) is 6.92 Å². The van der Waals surface area contributed by atoms with Crippen LogP contribution in [0.5, 0.6) is 0 Å². The largest absolute Gasteiger partial charge is 0.392 e. The van der Waals surface area contributed by atoms with Gasteiger partial charge < -0.3 is 10.4 Å². The fourth-order valence-electron chi connectivity index (χ4n) is 0.723. The second kappa shape index (κ2) is 1.80. The van der Waals surface area contributed by atoms with Crippen LogP contribution in [0.15, 0.2) is 0 Å². The minimum atomic E-state index is -0.159. The van der Waals surface area contributed by atoms with E-state index in [0.717, 1.165) is 13.0 Å². The third-order valence-electron chi connectivity index (χ3n) is 1.44. The molecule has 1 heterocycles. The van der Waals surface area contributed by atoms with E-state index in [1.165, 1.54) is 0 Å². The molecular weight excluding hydrogens is 90.1 g/mol. The van der Waals surface area contributed by atoms with Crippen LogP contribution in [0.4, 0.5) is 0 Å². The average Bonchev–Trinajstić information content (AvgIpc) is 1.23. The number of aliphatic hydroxyl groups excluding tert-OH is 1. The Morgan fingerprint density at radius 1 is 1.86 bits per heavy atom. The zero-order valence-corrected chi connectivity index (χ0v) is 4.52. The predicted octanol–water partition coefficient (Wildman–Crippen LogP) is -0.271. The molecule has 1 aliphatic rings. The summed E-state index contributed by atoms with van der Waals surface area (Å²) in [6.45, 7) is 2.90. The normalized spacial score (nSPS) is 34.3. The lowest BCUT2D eigenvalue weighted by molar-refractivity contribution is 0.111. The number of rotatable bonds is 1. The first-order valence-corrected chi connectivity index (χ1v) is 2.72. The molecule has 1 saturated heterocycles. The van der Waals surface area contributed by atoms with Gasteiger partial charge in [-0.15, -0.1) is 0 Å². The SMILES string of the molecule is C[C@H](O)[C@H]1CCN1. The van der Waals surface area contributed by atoms with Crippen molar-refractivity contribution in [2.45, 2.75) is 25.5 Å². The van der Waals surface area contributed by atoms with E-state index in [-0.39, 0.29) is 6.10 Å². The first-order valence-electron chi connectivity index (χ1n) is 2.72. The van der Waals surface area contributed by atoms with Crippen LogP contribution in [-0.4, -0.2) is 23.8 Å². The molecule has 0 aliphatic carbocycles. The summed E-state index contributed by atoms with van der Waals surface area (Å²) in [5.41, 5.74) is 0. The lowest BCUT2D eigenvalue weighted by atomic mass is 10.0. The molecule has 0 unspecified atom stereocenters. The Morgan fingerprint density at radius 3 is 2.43 bits per heavy atom. The van der Waals surface area contributed by atoms with Crippen molar-refractivity contribution in [1.82, 2.24) is 5.32 Å². The Labute approximate surface area is 43.5 Å². The lowest BCUT2D eigenvalue weighted by Gasteiger charge is -2.29. The monoisotopic (exact) mass is 101 g/mol. The summed E-state index contributed by atoms with van der Waals surface area (Å²) < 4.78 is 0. The molecule has 0 aromatic rings. The third kappa shape index (κ3) is 0.924. The highest BCUT2D eigenvalue weighted by Gasteiger charge is 2.20. The zero-order chi connectivity index (χ0) is 5.28. The Morgan fingerprint density at radius 2 is 2.43 bits per heavy atom. The van der Waals surface area contributed by atoms with Gasteiger partial charge in [0.25, 0.3) is 0 Å². The topological polar surface area (TPSA) is 32.3 Å². The molecule has 0 aromatic carbocycles. The molecule has 1 fully saturated rings. The summed E-state index contributed by atoms with van der Waals surface area (Å²) in [6.07, 6.45) is 0.978. The van der Waals surface area contributed by atoms with Crippen molar-refractivity contribution in [3.8, 4) is 0 Å². The summed E-state index contributed by atoms with van der Waals surface area (Å²) in [5.74, 6) is 0. The summed E-state index contributed by atoms with van der Waals surface area (Å²) in [7, 11) is 0. The summed E-state index contributed by atoms with van der Waals surface area (Å²) in [5, 5.41) is 11.9. The summed E-state index contributed by atoms with van der Waals surface area (Å²) >= 11 is 0. The Kier molecular flexibility index (Phi) is 1.30. The van der Waals surface area contributed by atoms with Crippen LogP contribution in [0.1, 0.15) is 13.3 Å². The number of hydrogen-bond donors (Lipinski definition) is 2. The van der Waals surface area contributed by atoms with Crippen LogP contribution in [0.2, 0.25) is 0 Å². The van der Waals surface area contributed by atoms with Gasteiger partial charge in [-0.2, -0.15) is 0 Å². The van der Waals surface area contributed by atoms with Gasteiger partial charge in [-0.1, -0.05) is 0 Å². The second-order valence-corrected chi connectivity index (χ2v) is 2.09. The van der Waals surface area contributed by atoms with Gasteiger partial charge in [0.15, 0.2) is 0 Å². The Hall–Kier alpha value is -0.0800. The third-order valence-corrected chi connectivity index (χ3v) is 1.44. The van der Waals surface area contributed by atoms with Gasteiger partial charge in [0.1, 0.15) is 0 Å². The van der Waals surface area contributed by atoms with Crippen molar-refractivity contribution < 1.29 is 5.11 Å². The van der Waals surface area contributed by atoms with Gasteiger partial charge in [-0.25, -0.2) is 0 Å². The minimum Gasteiger partial charge on any atom is -0.392 e. The second-order valence-electron chi connectivity index (χ2n) is 2.09. The zero-order valence-electron chi connectivity index (χ0n) is 4.52. The fourth-order valence-corrected chi connectivity index (χ4v) is 0.723. The maximum atomic E-state index is 8.81. The highest BCUT2D eigenvalue weighted by atomic mass is 16.3. The molecule has 1 aliphatic heterocycles. The first kappa shape index (κ1) is 5.06. The van der Waals surface area contributed by atoms with Crippen molar-refractivity contribution >= 4 is 0 Å². The van der Waals surface area contributed by atoms with E-state index in [0.29, 0.717) is 6.04 Å². The number of hydrogen-bond acceptors (Lipinski definition) is 2. The molecule has 0 saturated carbocycles. The predicted molar refractivity (Wildman–Crippen MR) is 28.1 cm³/mol. The molecule has 1 rings (SSSR count). The molecule has 0 amide bonds. The molecular formula is C5H11NO. The number of nitrogens with one attached hydrogen (secondary N) is 1. The molecule has 2 heteroatoms. The van der Waals surface area contributed by atoms with Gasteiger partial charge in [-0.05, 0) is 19.9 Å². The molecule has 2 N–H and O–H groups in total. The highest BCUT2D eigenvalue weighted by Crippen LogP contribution is 2.05. The molecule has 42 valence electrons. The van der Waals surface area contributed by atoms with E-state index in [4.69, 9.17) is 5.11 Å². The standard InChI is InChI=1S/C5H11NO/c1-4(7)5-2-3-6-5/h4-7H,2-3H2,1H3/t4-,5+/m0/s1. The molecule has 7 heavy (non-hydrogen) atoms. The van der Waals surface area contributed by atoms with E-state index in [2.05, 4.69) is 5.32 Å². The van der Waals surface area contributed by atoms with Crippen LogP contribution in [0, 0.1) is 0 Å². The molecule has 0 spiro atoms. The van der Waals surface area contributed by atoms with E-state index in [9.17, 15) is 0 Å². The molecule has 0 radical (unpaired) electrons. The Balaban J connectivity index is 2.14. The lowest BCUT2D eigenvalue weighted by Crippen LogP contribution is -2.49. The fraction of sp³-hybridized carbons (Fsp3) is 1.00. The van der Waals surface area contributed by atoms with Gasteiger partial charge in [0.2, 0.25) is 0 Å². The van der Waals surface area contributed by atoms with Crippen LogP contribution in [0.3, 0.4) is 0 Å². The minimum absolute atomic E-state index is 0.159. The summed E-state index contributed by atoms with van der Waals surface area (Å²) in [6, 6.07) is 0.389. The van der Waals surface area contributed by atoms with Crippen LogP contribution in [-0.2, 0) is 0 Å². The summed E-state index contributed by atoms with van der Waals surface area (Å²) in [4.78, 5) is 0. The van der Waals surface area contributed by atoms with E-state index < -0.39 is 0 Å². The van der Waals surface area contributed by atoms with Gasteiger partial charge in [0, 0.05) is 6.04 Å². The van der Waals surface area contributed by atoms with Gasteiger partial charge >= 0.3 is 0 Å². The maximum Gasteiger partial charge on any atom is 0.0665 e. The van der Waals surface area contributed by atoms with Crippen molar-refractivity contribution in [2.24, 2.45) is 0 Å². The average molecular weight is 101 g/mol. The van der Waals surface area contributed by atoms with E-state index in [1.54, 1.807) is 0 Å². The van der Waals surface area contributed by atoms with E-state index >= 15 is 0 Å². The smallest absolute Gasteiger partial charge is 0.0665 e. The van der Waals surface area contributed by atoms with Crippen LogP contribution >= 0.6 is 0 Å².